The van der Waals surface area contributed by atoms with Gasteiger partial charge in [-0.05, 0) is 24.9 Å². The second kappa shape index (κ2) is 8.76. The number of carbonyl (C=O) groups excluding carboxylic acids is 2. The molecule has 0 aliphatic heterocycles. The van der Waals surface area contributed by atoms with Gasteiger partial charge < -0.3 is 21.9 Å². The highest BCUT2D eigenvalue weighted by Gasteiger charge is 2.23. The van der Waals surface area contributed by atoms with E-state index in [1.54, 1.807) is 11.8 Å². The zero-order valence-corrected chi connectivity index (χ0v) is 11.0. The summed E-state index contributed by atoms with van der Waals surface area (Å²) in [6, 6.07) is -1.88. The molecule has 0 radical (unpaired) electrons. The second-order valence-electron chi connectivity index (χ2n) is 3.79. The standard InChI is InChI=1S/C10H19N3O4S/c1-18-5-4-6(11)9(15)13-7(10(16)17)2-3-8(12)14/h6-7H,2-5,11H2,1H3,(H2,12,14)(H,13,15)(H,16,17)/t6-,7+/m0/s1. The number of hydrogen-bond donors (Lipinski definition) is 4. The largest absolute Gasteiger partial charge is 0.480 e. The Bertz CT molecular complexity index is 311. The molecule has 0 fully saturated rings. The summed E-state index contributed by atoms with van der Waals surface area (Å²) in [6.07, 6.45) is 2.22. The molecule has 0 saturated heterocycles. The number of nitrogens with two attached hydrogens (primary N) is 2. The molecule has 0 bridgehead atoms. The molecule has 0 rings (SSSR count). The zero-order valence-electron chi connectivity index (χ0n) is 10.2. The highest BCUT2D eigenvalue weighted by molar-refractivity contribution is 7.98. The fourth-order valence-electron chi connectivity index (χ4n) is 1.20. The van der Waals surface area contributed by atoms with Crippen molar-refractivity contribution in [3.05, 3.63) is 0 Å². The van der Waals surface area contributed by atoms with Crippen molar-refractivity contribution in [3.63, 3.8) is 0 Å². The van der Waals surface area contributed by atoms with Gasteiger partial charge in [-0.15, -0.1) is 0 Å². The molecule has 0 saturated carbocycles. The maximum Gasteiger partial charge on any atom is 0.326 e. The Morgan fingerprint density at radius 2 is 1.94 bits per heavy atom. The van der Waals surface area contributed by atoms with Crippen molar-refractivity contribution in [1.29, 1.82) is 0 Å². The third kappa shape index (κ3) is 7.13. The van der Waals surface area contributed by atoms with Gasteiger partial charge in [0.15, 0.2) is 0 Å². The Kier molecular flexibility index (Phi) is 8.14. The first-order valence-corrected chi connectivity index (χ1v) is 6.83. The quantitative estimate of drug-likeness (QED) is 0.422. The van der Waals surface area contributed by atoms with Crippen LogP contribution in [0.1, 0.15) is 19.3 Å². The van der Waals surface area contributed by atoms with Gasteiger partial charge in [-0.1, -0.05) is 0 Å². The molecule has 0 heterocycles. The Morgan fingerprint density at radius 3 is 2.39 bits per heavy atom. The minimum absolute atomic E-state index is 0.0361. The highest BCUT2D eigenvalue weighted by atomic mass is 32.2. The summed E-state index contributed by atoms with van der Waals surface area (Å²) >= 11 is 1.55. The minimum Gasteiger partial charge on any atom is -0.480 e. The Labute approximate surface area is 110 Å². The molecule has 0 aliphatic carbocycles. The molecule has 104 valence electrons. The van der Waals surface area contributed by atoms with Crippen LogP contribution in [0.3, 0.4) is 0 Å². The average Bonchev–Trinajstić information content (AvgIpc) is 2.30. The molecule has 0 aliphatic rings. The monoisotopic (exact) mass is 277 g/mol. The molecule has 8 heteroatoms. The lowest BCUT2D eigenvalue weighted by Gasteiger charge is -2.17. The Morgan fingerprint density at radius 1 is 1.33 bits per heavy atom. The lowest BCUT2D eigenvalue weighted by Crippen LogP contribution is -2.48. The predicted octanol–water partition coefficient (Wildman–Crippen LogP) is -1.10. The fourth-order valence-corrected chi connectivity index (χ4v) is 1.69. The molecular formula is C10H19N3O4S. The molecule has 18 heavy (non-hydrogen) atoms. The number of primary amides is 1. The number of carboxylic acids is 1. The van der Waals surface area contributed by atoms with E-state index >= 15 is 0 Å². The Hall–Kier alpha value is -1.28. The van der Waals surface area contributed by atoms with E-state index in [0.717, 1.165) is 0 Å². The second-order valence-corrected chi connectivity index (χ2v) is 4.78. The van der Waals surface area contributed by atoms with Crippen molar-refractivity contribution in [2.75, 3.05) is 12.0 Å². The predicted molar refractivity (Wildman–Crippen MR) is 69.0 cm³/mol. The summed E-state index contributed by atoms with van der Waals surface area (Å²) in [5.74, 6) is -1.63. The normalized spacial score (nSPS) is 13.7. The van der Waals surface area contributed by atoms with E-state index in [9.17, 15) is 14.4 Å². The Balaban J connectivity index is 4.26. The average molecular weight is 277 g/mol. The van der Waals surface area contributed by atoms with E-state index in [-0.39, 0.29) is 12.8 Å². The van der Waals surface area contributed by atoms with Gasteiger partial charge in [-0.3, -0.25) is 9.59 Å². The zero-order chi connectivity index (χ0) is 14.1. The SMILES string of the molecule is CSCC[C@H](N)C(=O)N[C@H](CCC(N)=O)C(=O)O. The number of rotatable bonds is 9. The summed E-state index contributed by atoms with van der Waals surface area (Å²) in [5, 5.41) is 11.2. The summed E-state index contributed by atoms with van der Waals surface area (Å²) in [4.78, 5) is 33.0. The van der Waals surface area contributed by atoms with Gasteiger partial charge in [0.05, 0.1) is 6.04 Å². The summed E-state index contributed by atoms with van der Waals surface area (Å²) in [5.41, 5.74) is 10.5. The van der Waals surface area contributed by atoms with Crippen LogP contribution in [0.25, 0.3) is 0 Å². The summed E-state index contributed by atoms with van der Waals surface area (Å²) in [6.45, 7) is 0. The van der Waals surface area contributed by atoms with Crippen LogP contribution in [-0.2, 0) is 14.4 Å². The van der Waals surface area contributed by atoms with Gasteiger partial charge in [0, 0.05) is 6.42 Å². The first-order valence-electron chi connectivity index (χ1n) is 5.44. The maximum absolute atomic E-state index is 11.6. The molecular weight excluding hydrogens is 258 g/mol. The van der Waals surface area contributed by atoms with Crippen LogP contribution >= 0.6 is 11.8 Å². The van der Waals surface area contributed by atoms with Gasteiger partial charge in [0.25, 0.3) is 0 Å². The van der Waals surface area contributed by atoms with Crippen LogP contribution < -0.4 is 16.8 Å². The number of nitrogens with one attached hydrogen (secondary N) is 1. The smallest absolute Gasteiger partial charge is 0.326 e. The molecule has 0 aromatic carbocycles. The van der Waals surface area contributed by atoms with Crippen LogP contribution in [0.2, 0.25) is 0 Å². The van der Waals surface area contributed by atoms with Gasteiger partial charge in [-0.25, -0.2) is 4.79 Å². The lowest BCUT2D eigenvalue weighted by atomic mass is 10.1. The van der Waals surface area contributed by atoms with E-state index in [0.29, 0.717) is 12.2 Å². The van der Waals surface area contributed by atoms with E-state index in [4.69, 9.17) is 16.6 Å². The van der Waals surface area contributed by atoms with Crippen LogP contribution in [0.4, 0.5) is 0 Å². The first-order chi connectivity index (χ1) is 8.38. The fraction of sp³-hybridized carbons (Fsp3) is 0.700. The van der Waals surface area contributed by atoms with Crippen LogP contribution in [-0.4, -0.2) is 47.0 Å². The summed E-state index contributed by atoms with van der Waals surface area (Å²) in [7, 11) is 0. The van der Waals surface area contributed by atoms with Crippen molar-refractivity contribution in [1.82, 2.24) is 5.32 Å². The van der Waals surface area contributed by atoms with Crippen molar-refractivity contribution in [2.24, 2.45) is 11.5 Å². The molecule has 2 atom stereocenters. The molecule has 2 amide bonds. The third-order valence-electron chi connectivity index (χ3n) is 2.26. The molecule has 0 spiro atoms. The van der Waals surface area contributed by atoms with Crippen molar-refractivity contribution in [2.45, 2.75) is 31.3 Å². The van der Waals surface area contributed by atoms with Gasteiger partial charge in [0.2, 0.25) is 11.8 Å². The van der Waals surface area contributed by atoms with E-state index in [2.05, 4.69) is 5.32 Å². The van der Waals surface area contributed by atoms with E-state index in [1.807, 2.05) is 6.26 Å². The molecule has 0 unspecified atom stereocenters. The topological polar surface area (TPSA) is 136 Å². The van der Waals surface area contributed by atoms with Gasteiger partial charge in [0.1, 0.15) is 6.04 Å². The number of thioether (sulfide) groups is 1. The highest BCUT2D eigenvalue weighted by Crippen LogP contribution is 2.01. The van der Waals surface area contributed by atoms with Crippen molar-refractivity contribution < 1.29 is 19.5 Å². The number of carbonyl (C=O) groups is 3. The number of amides is 2. The molecule has 6 N–H and O–H groups in total. The van der Waals surface area contributed by atoms with Gasteiger partial charge in [-0.2, -0.15) is 11.8 Å². The lowest BCUT2D eigenvalue weighted by molar-refractivity contribution is -0.142. The minimum atomic E-state index is -1.21. The third-order valence-corrected chi connectivity index (χ3v) is 2.91. The van der Waals surface area contributed by atoms with Crippen molar-refractivity contribution >= 4 is 29.5 Å². The maximum atomic E-state index is 11.6. The van der Waals surface area contributed by atoms with E-state index < -0.39 is 29.9 Å². The molecule has 0 aromatic heterocycles. The van der Waals surface area contributed by atoms with Crippen LogP contribution in [0, 0.1) is 0 Å². The number of aliphatic carboxylic acids is 1. The first kappa shape index (κ1) is 16.7. The number of hydrogen-bond acceptors (Lipinski definition) is 5. The number of carboxylic acid groups (broad SMARTS) is 1. The van der Waals surface area contributed by atoms with E-state index in [1.165, 1.54) is 0 Å². The van der Waals surface area contributed by atoms with Gasteiger partial charge >= 0.3 is 5.97 Å². The van der Waals surface area contributed by atoms with Crippen molar-refractivity contribution in [3.8, 4) is 0 Å². The summed E-state index contributed by atoms with van der Waals surface area (Å²) < 4.78 is 0. The molecule has 7 nitrogen and oxygen atoms in total. The van der Waals surface area contributed by atoms with Crippen LogP contribution in [0.5, 0.6) is 0 Å². The van der Waals surface area contributed by atoms with Crippen LogP contribution in [0.15, 0.2) is 0 Å². The molecule has 0 aromatic rings.